The predicted molar refractivity (Wildman–Crippen MR) is 205 cm³/mol. The van der Waals surface area contributed by atoms with Gasteiger partial charge in [-0.2, -0.15) is 0 Å². The zero-order chi connectivity index (χ0) is 36.6. The highest BCUT2D eigenvalue weighted by atomic mass is 16.5. The normalized spacial score (nSPS) is 18.0. The van der Waals surface area contributed by atoms with E-state index in [1.54, 1.807) is 25.1 Å². The van der Waals surface area contributed by atoms with Gasteiger partial charge in [-0.05, 0) is 73.2 Å². The van der Waals surface area contributed by atoms with Gasteiger partial charge in [-0.15, -0.1) is 0 Å². The minimum Gasteiger partial charge on any atom is -0.491 e. The largest absolute Gasteiger partial charge is 0.491 e. The fourth-order valence-corrected chi connectivity index (χ4v) is 8.72. The van der Waals surface area contributed by atoms with Crippen LogP contribution in [0.2, 0.25) is 0 Å². The number of carbonyl (C=O) groups excluding carboxylic acids is 2. The average Bonchev–Trinajstić information content (AvgIpc) is 3.69. The summed E-state index contributed by atoms with van der Waals surface area (Å²) in [6, 6.07) is 17.9. The van der Waals surface area contributed by atoms with Crippen LogP contribution in [0.15, 0.2) is 54.6 Å². The van der Waals surface area contributed by atoms with E-state index in [1.807, 2.05) is 35.2 Å². The number of amides is 2. The Morgan fingerprint density at radius 2 is 1.72 bits per heavy atom. The van der Waals surface area contributed by atoms with E-state index in [-0.39, 0.29) is 11.8 Å². The molecule has 4 aliphatic rings. The second-order valence-electron chi connectivity index (χ2n) is 15.1. The van der Waals surface area contributed by atoms with Crippen LogP contribution >= 0.6 is 0 Å². The number of aromatic carboxylic acids is 1. The van der Waals surface area contributed by atoms with Crippen molar-refractivity contribution in [2.75, 3.05) is 69.8 Å². The lowest BCUT2D eigenvalue weighted by molar-refractivity contribution is -0.130. The van der Waals surface area contributed by atoms with E-state index in [4.69, 9.17) is 9.47 Å². The van der Waals surface area contributed by atoms with Crippen molar-refractivity contribution in [1.82, 2.24) is 14.4 Å². The molecule has 1 N–H and O–H groups in total. The summed E-state index contributed by atoms with van der Waals surface area (Å²) < 4.78 is 15.3. The lowest BCUT2D eigenvalue weighted by Crippen LogP contribution is -2.49. The summed E-state index contributed by atoms with van der Waals surface area (Å²) in [5.41, 5.74) is 7.66. The summed E-state index contributed by atoms with van der Waals surface area (Å²) in [6.45, 7) is 5.66. The number of carbonyl (C=O) groups is 3. The molecular formula is C42H49N5O6. The first-order chi connectivity index (χ1) is 25.7. The maximum absolute atomic E-state index is 12.7. The van der Waals surface area contributed by atoms with Gasteiger partial charge in [-0.25, -0.2) is 4.79 Å². The van der Waals surface area contributed by atoms with Gasteiger partial charge in [-0.3, -0.25) is 14.5 Å². The van der Waals surface area contributed by atoms with Crippen LogP contribution in [0.5, 0.6) is 11.5 Å². The summed E-state index contributed by atoms with van der Waals surface area (Å²) in [5, 5.41) is 11.0. The molecule has 8 rings (SSSR count). The Kier molecular flexibility index (Phi) is 9.76. The highest BCUT2D eigenvalue weighted by Crippen LogP contribution is 2.48. The number of anilines is 2. The SMILES string of the molecule is CN(C)C(=O)CN1CCN(c2ccc(N3CCCC3=O)cc2COc2ccc3c(c2)OCCn2c-3c(C3CCCCC3)c3ccc(C(=O)O)cc32)CC1. The van der Waals surface area contributed by atoms with Gasteiger partial charge < -0.3 is 33.8 Å². The summed E-state index contributed by atoms with van der Waals surface area (Å²) in [4.78, 5) is 45.1. The van der Waals surface area contributed by atoms with Crippen LogP contribution in [-0.2, 0) is 22.7 Å². The van der Waals surface area contributed by atoms with Crippen LogP contribution in [0.4, 0.5) is 11.4 Å². The Morgan fingerprint density at radius 3 is 2.45 bits per heavy atom. The molecule has 0 atom stereocenters. The molecule has 3 aliphatic heterocycles. The molecule has 53 heavy (non-hydrogen) atoms. The summed E-state index contributed by atoms with van der Waals surface area (Å²) in [6.07, 6.45) is 7.31. The fourth-order valence-electron chi connectivity index (χ4n) is 8.72. The molecule has 11 nitrogen and oxygen atoms in total. The molecule has 0 spiro atoms. The molecule has 0 bridgehead atoms. The molecule has 11 heteroatoms. The quantitative estimate of drug-likeness (QED) is 0.213. The Labute approximate surface area is 310 Å². The predicted octanol–water partition coefficient (Wildman–Crippen LogP) is 6.36. The molecule has 1 aliphatic carbocycles. The van der Waals surface area contributed by atoms with Gasteiger partial charge in [-0.1, -0.05) is 25.3 Å². The van der Waals surface area contributed by atoms with Crippen molar-refractivity contribution in [2.45, 2.75) is 64.0 Å². The van der Waals surface area contributed by atoms with E-state index in [0.717, 1.165) is 96.8 Å². The van der Waals surface area contributed by atoms with E-state index in [1.165, 1.54) is 24.8 Å². The third-order valence-electron chi connectivity index (χ3n) is 11.6. The third-order valence-corrected chi connectivity index (χ3v) is 11.6. The molecular weight excluding hydrogens is 670 g/mol. The van der Waals surface area contributed by atoms with Crippen LogP contribution in [0.25, 0.3) is 22.2 Å². The van der Waals surface area contributed by atoms with Crippen molar-refractivity contribution in [3.05, 3.63) is 71.3 Å². The number of carboxylic acid groups (broad SMARTS) is 1. The Hall–Kier alpha value is -5.03. The van der Waals surface area contributed by atoms with Gasteiger partial charge in [0.05, 0.1) is 24.3 Å². The molecule has 0 radical (unpaired) electrons. The maximum Gasteiger partial charge on any atom is 0.335 e. The van der Waals surface area contributed by atoms with Crippen molar-refractivity contribution < 1.29 is 29.0 Å². The van der Waals surface area contributed by atoms with Crippen LogP contribution in [0.3, 0.4) is 0 Å². The van der Waals surface area contributed by atoms with E-state index >= 15 is 0 Å². The first-order valence-corrected chi connectivity index (χ1v) is 19.2. The Bertz CT molecular complexity index is 2040. The molecule has 2 saturated heterocycles. The number of fused-ring (bicyclic) bond motifs is 5. The Morgan fingerprint density at radius 1 is 0.906 bits per heavy atom. The number of likely N-dealkylation sites (N-methyl/N-ethyl adjacent to an activating group) is 1. The highest BCUT2D eigenvalue weighted by molar-refractivity contribution is 5.99. The van der Waals surface area contributed by atoms with Gasteiger partial charge in [0.15, 0.2) is 0 Å². The average molecular weight is 720 g/mol. The van der Waals surface area contributed by atoms with Crippen LogP contribution in [-0.4, -0.2) is 97.2 Å². The number of aromatic nitrogens is 1. The van der Waals surface area contributed by atoms with E-state index in [9.17, 15) is 19.5 Å². The maximum atomic E-state index is 12.7. The molecule has 278 valence electrons. The van der Waals surface area contributed by atoms with Gasteiger partial charge in [0.2, 0.25) is 11.8 Å². The number of hydrogen-bond donors (Lipinski definition) is 1. The van der Waals surface area contributed by atoms with Gasteiger partial charge in [0, 0.05) is 92.7 Å². The molecule has 4 aromatic rings. The zero-order valence-corrected chi connectivity index (χ0v) is 30.8. The summed E-state index contributed by atoms with van der Waals surface area (Å²) in [7, 11) is 3.58. The Balaban J connectivity index is 1.09. The minimum absolute atomic E-state index is 0.107. The monoisotopic (exact) mass is 719 g/mol. The fraction of sp³-hybridized carbons (Fsp3) is 0.452. The van der Waals surface area contributed by atoms with E-state index in [0.29, 0.717) is 50.0 Å². The van der Waals surface area contributed by atoms with Crippen molar-refractivity contribution >= 4 is 40.1 Å². The van der Waals surface area contributed by atoms with Crippen LogP contribution in [0.1, 0.15) is 72.3 Å². The smallest absolute Gasteiger partial charge is 0.335 e. The van der Waals surface area contributed by atoms with Gasteiger partial charge in [0.1, 0.15) is 24.7 Å². The lowest BCUT2D eigenvalue weighted by atomic mass is 9.81. The summed E-state index contributed by atoms with van der Waals surface area (Å²) in [5.74, 6) is 1.20. The van der Waals surface area contributed by atoms with E-state index < -0.39 is 5.97 Å². The molecule has 3 fully saturated rings. The molecule has 1 saturated carbocycles. The van der Waals surface area contributed by atoms with Crippen molar-refractivity contribution in [1.29, 1.82) is 0 Å². The second-order valence-corrected chi connectivity index (χ2v) is 15.1. The summed E-state index contributed by atoms with van der Waals surface area (Å²) >= 11 is 0. The van der Waals surface area contributed by atoms with Crippen LogP contribution in [0, 0.1) is 0 Å². The molecule has 0 unspecified atom stereocenters. The standard InChI is InChI=1S/C42H49N5O6/c1-43(2)39(49)26-44-17-19-45(20-18-44)35-15-11-31(46-16-6-9-38(46)48)23-30(35)27-53-32-12-14-34-37(25-32)52-22-21-47-36-24-29(42(50)51)10-13-33(36)40(41(34)47)28-7-4-3-5-8-28/h10-15,23-25,28H,3-9,16-22,26-27H2,1-2H3,(H,50,51). The van der Waals surface area contributed by atoms with Crippen molar-refractivity contribution in [2.24, 2.45) is 0 Å². The van der Waals surface area contributed by atoms with Crippen molar-refractivity contribution in [3.8, 4) is 22.8 Å². The first kappa shape index (κ1) is 35.0. The number of hydrogen-bond acceptors (Lipinski definition) is 7. The number of nitrogens with zero attached hydrogens (tertiary/aromatic N) is 5. The zero-order valence-electron chi connectivity index (χ0n) is 30.8. The molecule has 4 heterocycles. The number of piperazine rings is 1. The van der Waals surface area contributed by atoms with Crippen molar-refractivity contribution in [3.63, 3.8) is 0 Å². The van der Waals surface area contributed by atoms with E-state index in [2.05, 4.69) is 32.6 Å². The highest BCUT2D eigenvalue weighted by Gasteiger charge is 2.30. The van der Waals surface area contributed by atoms with Gasteiger partial charge in [0.25, 0.3) is 0 Å². The van der Waals surface area contributed by atoms with Gasteiger partial charge >= 0.3 is 5.97 Å². The minimum atomic E-state index is -0.923. The molecule has 1 aromatic heterocycles. The molecule has 2 amide bonds. The van der Waals surface area contributed by atoms with Crippen LogP contribution < -0.4 is 19.3 Å². The third kappa shape index (κ3) is 6.94. The number of rotatable bonds is 9. The number of ether oxygens (including phenoxy) is 2. The first-order valence-electron chi connectivity index (χ1n) is 19.2. The molecule has 3 aromatic carbocycles. The number of benzene rings is 3. The topological polar surface area (TPSA) is 108 Å². The second kappa shape index (κ2) is 14.8. The number of carboxylic acids is 1. The lowest BCUT2D eigenvalue weighted by Gasteiger charge is -2.37.